The maximum atomic E-state index is 12.8. The molecule has 1 aromatic carbocycles. The second-order valence-electron chi connectivity index (χ2n) is 8.25. The SMILES string of the molecule is CCCCCCCCC(CCCCCCCC)NC(=O)c1cccc(NC=O)c1O. The van der Waals surface area contributed by atoms with Gasteiger partial charge in [-0.05, 0) is 25.0 Å². The van der Waals surface area contributed by atoms with Crippen LogP contribution in [0.3, 0.4) is 0 Å². The van der Waals surface area contributed by atoms with E-state index >= 15 is 0 Å². The Morgan fingerprint density at radius 1 is 0.900 bits per heavy atom. The maximum absolute atomic E-state index is 12.8. The largest absolute Gasteiger partial charge is 0.505 e. The number of nitrogens with one attached hydrogen (secondary N) is 2. The second-order valence-corrected chi connectivity index (χ2v) is 8.25. The number of anilines is 1. The molecule has 0 saturated heterocycles. The number of unbranched alkanes of at least 4 members (excludes halogenated alkanes) is 10. The molecule has 1 rings (SSSR count). The lowest BCUT2D eigenvalue weighted by Crippen LogP contribution is -2.35. The molecule has 0 atom stereocenters. The first-order valence-corrected chi connectivity index (χ1v) is 12.0. The van der Waals surface area contributed by atoms with Crippen molar-refractivity contribution in [3.8, 4) is 5.75 Å². The average molecular weight is 419 g/mol. The number of aromatic hydroxyl groups is 1. The molecular formula is C25H42N2O3. The Morgan fingerprint density at radius 3 is 1.97 bits per heavy atom. The van der Waals surface area contributed by atoms with Gasteiger partial charge in [-0.2, -0.15) is 0 Å². The lowest BCUT2D eigenvalue weighted by molar-refractivity contribution is -0.105. The summed E-state index contributed by atoms with van der Waals surface area (Å²) in [5.74, 6) is -0.455. The zero-order chi connectivity index (χ0) is 22.0. The van der Waals surface area contributed by atoms with Crippen molar-refractivity contribution in [2.75, 3.05) is 5.32 Å². The summed E-state index contributed by atoms with van der Waals surface area (Å²) in [5, 5.41) is 15.9. The molecule has 0 aliphatic heterocycles. The van der Waals surface area contributed by atoms with Crippen LogP contribution < -0.4 is 10.6 Å². The van der Waals surface area contributed by atoms with E-state index < -0.39 is 0 Å². The van der Waals surface area contributed by atoms with Crippen molar-refractivity contribution in [2.45, 2.75) is 110 Å². The summed E-state index contributed by atoms with van der Waals surface area (Å²) in [6, 6.07) is 4.95. The normalized spacial score (nSPS) is 10.9. The van der Waals surface area contributed by atoms with E-state index in [-0.39, 0.29) is 28.9 Å². The fourth-order valence-electron chi connectivity index (χ4n) is 3.80. The number of hydrogen-bond acceptors (Lipinski definition) is 3. The van der Waals surface area contributed by atoms with Crippen molar-refractivity contribution < 1.29 is 14.7 Å². The molecule has 0 spiro atoms. The van der Waals surface area contributed by atoms with Gasteiger partial charge in [-0.15, -0.1) is 0 Å². The molecule has 0 unspecified atom stereocenters. The number of rotatable bonds is 18. The molecule has 0 saturated carbocycles. The van der Waals surface area contributed by atoms with Gasteiger partial charge >= 0.3 is 0 Å². The van der Waals surface area contributed by atoms with Crippen molar-refractivity contribution in [3.05, 3.63) is 23.8 Å². The molecule has 30 heavy (non-hydrogen) atoms. The Balaban J connectivity index is 2.60. The molecule has 0 heterocycles. The molecule has 3 N–H and O–H groups in total. The molecule has 0 aliphatic carbocycles. The highest BCUT2D eigenvalue weighted by atomic mass is 16.3. The van der Waals surface area contributed by atoms with Gasteiger partial charge in [0.15, 0.2) is 5.75 Å². The highest BCUT2D eigenvalue weighted by molar-refractivity contribution is 5.99. The van der Waals surface area contributed by atoms with E-state index in [1.54, 1.807) is 18.2 Å². The van der Waals surface area contributed by atoms with Crippen LogP contribution in [0.2, 0.25) is 0 Å². The number of para-hydroxylation sites is 1. The van der Waals surface area contributed by atoms with Gasteiger partial charge in [0.05, 0.1) is 11.3 Å². The molecular weight excluding hydrogens is 376 g/mol. The summed E-state index contributed by atoms with van der Waals surface area (Å²) in [5.41, 5.74) is 0.457. The quantitative estimate of drug-likeness (QED) is 0.143. The fourth-order valence-corrected chi connectivity index (χ4v) is 3.80. The highest BCUT2D eigenvalue weighted by Gasteiger charge is 2.18. The van der Waals surface area contributed by atoms with E-state index in [4.69, 9.17) is 0 Å². The average Bonchev–Trinajstić information content (AvgIpc) is 2.74. The van der Waals surface area contributed by atoms with E-state index in [9.17, 15) is 14.7 Å². The molecule has 5 heteroatoms. The summed E-state index contributed by atoms with van der Waals surface area (Å²) >= 11 is 0. The summed E-state index contributed by atoms with van der Waals surface area (Å²) < 4.78 is 0. The van der Waals surface area contributed by atoms with Crippen LogP contribution in [-0.4, -0.2) is 23.5 Å². The van der Waals surface area contributed by atoms with Gasteiger partial charge in [-0.3, -0.25) is 9.59 Å². The number of hydrogen-bond donors (Lipinski definition) is 3. The van der Waals surface area contributed by atoms with Gasteiger partial charge in [0.2, 0.25) is 6.41 Å². The molecule has 2 amide bonds. The Labute approximate surface area is 183 Å². The van der Waals surface area contributed by atoms with Crippen molar-refractivity contribution in [3.63, 3.8) is 0 Å². The Morgan fingerprint density at radius 2 is 1.43 bits per heavy atom. The van der Waals surface area contributed by atoms with E-state index in [2.05, 4.69) is 24.5 Å². The highest BCUT2D eigenvalue weighted by Crippen LogP contribution is 2.27. The summed E-state index contributed by atoms with van der Waals surface area (Å²) in [6.45, 7) is 4.45. The van der Waals surface area contributed by atoms with E-state index in [0.717, 1.165) is 25.7 Å². The van der Waals surface area contributed by atoms with Gasteiger partial charge in [-0.1, -0.05) is 97.0 Å². The van der Waals surface area contributed by atoms with Crippen LogP contribution in [0, 0.1) is 0 Å². The predicted octanol–water partition coefficient (Wildman–Crippen LogP) is 6.56. The first-order valence-electron chi connectivity index (χ1n) is 12.0. The van der Waals surface area contributed by atoms with Gasteiger partial charge in [0.25, 0.3) is 5.91 Å². The lowest BCUT2D eigenvalue weighted by Gasteiger charge is -2.20. The fraction of sp³-hybridized carbons (Fsp3) is 0.680. The van der Waals surface area contributed by atoms with E-state index in [1.165, 1.54) is 64.2 Å². The molecule has 170 valence electrons. The van der Waals surface area contributed by atoms with Crippen molar-refractivity contribution in [1.29, 1.82) is 0 Å². The second kappa shape index (κ2) is 16.7. The smallest absolute Gasteiger partial charge is 0.255 e. The Kier molecular flexibility index (Phi) is 14.5. The van der Waals surface area contributed by atoms with Crippen LogP contribution in [-0.2, 0) is 4.79 Å². The van der Waals surface area contributed by atoms with E-state index in [0.29, 0.717) is 6.41 Å². The van der Waals surface area contributed by atoms with Crippen LogP contribution in [0.1, 0.15) is 114 Å². The zero-order valence-corrected chi connectivity index (χ0v) is 19.0. The van der Waals surface area contributed by atoms with Crippen LogP contribution in [0.5, 0.6) is 5.75 Å². The third-order valence-corrected chi connectivity index (χ3v) is 5.64. The number of carbonyl (C=O) groups is 2. The molecule has 0 aromatic heterocycles. The van der Waals surface area contributed by atoms with Crippen LogP contribution >= 0.6 is 0 Å². The van der Waals surface area contributed by atoms with E-state index in [1.807, 2.05) is 0 Å². The maximum Gasteiger partial charge on any atom is 0.255 e. The summed E-state index contributed by atoms with van der Waals surface area (Å²) in [7, 11) is 0. The van der Waals surface area contributed by atoms with Crippen LogP contribution in [0.4, 0.5) is 5.69 Å². The lowest BCUT2D eigenvalue weighted by atomic mass is 9.99. The monoisotopic (exact) mass is 418 g/mol. The third-order valence-electron chi connectivity index (χ3n) is 5.64. The van der Waals surface area contributed by atoms with Gasteiger partial charge < -0.3 is 15.7 Å². The number of phenolic OH excluding ortho intramolecular Hbond substituents is 1. The van der Waals surface area contributed by atoms with Gasteiger partial charge in [0.1, 0.15) is 0 Å². The van der Waals surface area contributed by atoms with Crippen molar-refractivity contribution in [1.82, 2.24) is 5.32 Å². The number of amides is 2. The number of benzene rings is 1. The molecule has 0 bridgehead atoms. The van der Waals surface area contributed by atoms with Crippen LogP contribution in [0.25, 0.3) is 0 Å². The summed E-state index contributed by atoms with van der Waals surface area (Å²) in [4.78, 5) is 23.5. The minimum Gasteiger partial charge on any atom is -0.505 e. The number of carbonyl (C=O) groups excluding carboxylic acids is 2. The topological polar surface area (TPSA) is 78.4 Å². The number of phenols is 1. The first-order chi connectivity index (χ1) is 14.6. The van der Waals surface area contributed by atoms with Gasteiger partial charge in [0, 0.05) is 6.04 Å². The molecule has 0 fully saturated rings. The van der Waals surface area contributed by atoms with Crippen molar-refractivity contribution in [2.24, 2.45) is 0 Å². The third kappa shape index (κ3) is 10.7. The Bertz CT molecular complexity index is 588. The standard InChI is InChI=1S/C25H42N2O3/c1-3-5-7-9-11-13-16-21(17-14-12-10-8-6-4-2)27-25(30)22-18-15-19-23(24(22)29)26-20-28/h15,18-21,29H,3-14,16-17H2,1-2H3,(H,26,28)(H,27,30). The minimum absolute atomic E-state index is 0.122. The molecule has 1 aromatic rings. The Hall–Kier alpha value is -2.04. The molecule has 0 aliphatic rings. The van der Waals surface area contributed by atoms with Crippen molar-refractivity contribution >= 4 is 18.0 Å². The predicted molar refractivity (Wildman–Crippen MR) is 125 cm³/mol. The summed E-state index contributed by atoms with van der Waals surface area (Å²) in [6.07, 6.45) is 17.2. The van der Waals surface area contributed by atoms with Gasteiger partial charge in [-0.25, -0.2) is 0 Å². The molecule has 5 nitrogen and oxygen atoms in total. The molecule has 0 radical (unpaired) electrons. The first kappa shape index (κ1) is 26.0. The van der Waals surface area contributed by atoms with Crippen LogP contribution in [0.15, 0.2) is 18.2 Å². The minimum atomic E-state index is -0.274. The zero-order valence-electron chi connectivity index (χ0n) is 19.0.